The fraction of sp³-hybridized carbons (Fsp3) is 0.154. The molecule has 0 fully saturated rings. The summed E-state index contributed by atoms with van der Waals surface area (Å²) in [6, 6.07) is 25.3. The Hall–Kier alpha value is -3.64. The van der Waals surface area contributed by atoms with Gasteiger partial charge >= 0.3 is 0 Å². The van der Waals surface area contributed by atoms with Crippen molar-refractivity contribution in [3.8, 4) is 5.75 Å². The fourth-order valence-corrected chi connectivity index (χ4v) is 3.86. The summed E-state index contributed by atoms with van der Waals surface area (Å²) in [6.07, 6.45) is 0. The first-order valence-corrected chi connectivity index (χ1v) is 11.3. The number of hydrogen-bond donors (Lipinski definition) is 2. The third-order valence-electron chi connectivity index (χ3n) is 5.00. The molecule has 5 nitrogen and oxygen atoms in total. The second-order valence-corrected chi connectivity index (χ2v) is 8.54. The van der Waals surface area contributed by atoms with Crippen LogP contribution < -0.4 is 15.4 Å². The predicted molar refractivity (Wildman–Crippen MR) is 130 cm³/mol. The molecule has 2 N–H and O–H groups in total. The Labute approximate surface area is 192 Å². The molecular weight excluding hydrogens is 418 g/mol. The molecule has 1 aromatic heterocycles. The minimum absolute atomic E-state index is 0.162. The second kappa shape index (κ2) is 10.1. The molecule has 32 heavy (non-hydrogen) atoms. The topological polar surface area (TPSA) is 63.2 Å². The number of ether oxygens (including phenoxy) is 1. The van der Waals surface area contributed by atoms with Crippen LogP contribution in [-0.4, -0.2) is 10.9 Å². The lowest BCUT2D eigenvalue weighted by molar-refractivity contribution is 0.102. The first-order chi connectivity index (χ1) is 15.6. The number of nitrogens with one attached hydrogen (secondary N) is 2. The predicted octanol–water partition coefficient (Wildman–Crippen LogP) is 6.46. The highest BCUT2D eigenvalue weighted by molar-refractivity contribution is 7.09. The zero-order valence-electron chi connectivity index (χ0n) is 18.0. The third-order valence-corrected chi connectivity index (χ3v) is 5.82. The van der Waals surface area contributed by atoms with Crippen molar-refractivity contribution in [2.45, 2.75) is 26.5 Å². The Morgan fingerprint density at radius 2 is 1.66 bits per heavy atom. The Bertz CT molecular complexity index is 1160. The van der Waals surface area contributed by atoms with Gasteiger partial charge in [-0.2, -0.15) is 0 Å². The van der Waals surface area contributed by atoms with Gasteiger partial charge in [-0.3, -0.25) is 4.79 Å². The fourth-order valence-electron chi connectivity index (χ4n) is 3.26. The number of nitrogens with zero attached hydrogens (tertiary/aromatic N) is 1. The van der Waals surface area contributed by atoms with Gasteiger partial charge in [-0.15, -0.1) is 11.3 Å². The van der Waals surface area contributed by atoms with E-state index in [1.807, 2.05) is 54.8 Å². The summed E-state index contributed by atoms with van der Waals surface area (Å²) in [5.41, 5.74) is 4.44. The lowest BCUT2D eigenvalue weighted by Gasteiger charge is -2.16. The van der Waals surface area contributed by atoms with Crippen LogP contribution in [0.15, 0.2) is 84.2 Å². The van der Waals surface area contributed by atoms with Crippen LogP contribution in [0, 0.1) is 6.92 Å². The van der Waals surface area contributed by atoms with E-state index < -0.39 is 0 Å². The first-order valence-electron chi connectivity index (χ1n) is 10.4. The molecule has 1 unspecified atom stereocenters. The van der Waals surface area contributed by atoms with Gasteiger partial charge < -0.3 is 15.4 Å². The van der Waals surface area contributed by atoms with Gasteiger partial charge in [-0.05, 0) is 67.9 Å². The lowest BCUT2D eigenvalue weighted by atomic mass is 10.1. The molecule has 0 spiro atoms. The van der Waals surface area contributed by atoms with E-state index >= 15 is 0 Å². The maximum atomic E-state index is 12.6. The summed E-state index contributed by atoms with van der Waals surface area (Å²) < 4.78 is 5.74. The molecule has 4 rings (SSSR count). The summed E-state index contributed by atoms with van der Waals surface area (Å²) in [4.78, 5) is 17.0. The highest BCUT2D eigenvalue weighted by atomic mass is 32.1. The van der Waals surface area contributed by atoms with Gasteiger partial charge in [0, 0.05) is 28.4 Å². The molecule has 0 saturated heterocycles. The van der Waals surface area contributed by atoms with Gasteiger partial charge in [-0.25, -0.2) is 4.98 Å². The molecule has 4 aromatic rings. The van der Waals surface area contributed by atoms with Crippen LogP contribution in [0.2, 0.25) is 0 Å². The number of carbonyl (C=O) groups excluding carboxylic acids is 1. The van der Waals surface area contributed by atoms with Crippen molar-refractivity contribution in [1.29, 1.82) is 0 Å². The van der Waals surface area contributed by atoms with Gasteiger partial charge in [0.05, 0.1) is 10.7 Å². The number of anilines is 2. The minimum Gasteiger partial charge on any atom is -0.487 e. The standard InChI is InChI=1S/C26H25N3O2S/c1-18(20-6-4-3-5-7-20)27-22-10-12-23(13-11-22)29-26(30)21-8-14-25(15-9-21)31-16-24-17-32-19(2)28-24/h3-15,17-18,27H,16H2,1-2H3,(H,29,30). The molecule has 0 radical (unpaired) electrons. The maximum Gasteiger partial charge on any atom is 0.255 e. The molecule has 162 valence electrons. The second-order valence-electron chi connectivity index (χ2n) is 7.48. The molecule has 0 aliphatic rings. The summed E-state index contributed by atoms with van der Waals surface area (Å²) in [5.74, 6) is 0.542. The normalized spacial score (nSPS) is 11.6. The van der Waals surface area contributed by atoms with E-state index in [0.717, 1.165) is 22.1 Å². The molecule has 0 bridgehead atoms. The number of amides is 1. The van der Waals surface area contributed by atoms with Gasteiger partial charge in [-0.1, -0.05) is 30.3 Å². The van der Waals surface area contributed by atoms with E-state index in [1.54, 1.807) is 35.6 Å². The van der Waals surface area contributed by atoms with Gasteiger partial charge in [0.2, 0.25) is 0 Å². The molecular formula is C26H25N3O2S. The van der Waals surface area contributed by atoms with E-state index in [-0.39, 0.29) is 11.9 Å². The van der Waals surface area contributed by atoms with E-state index in [2.05, 4.69) is 34.7 Å². The summed E-state index contributed by atoms with van der Waals surface area (Å²) in [6.45, 7) is 4.51. The largest absolute Gasteiger partial charge is 0.487 e. The monoisotopic (exact) mass is 443 g/mol. The molecule has 0 saturated carbocycles. The Kier molecular flexibility index (Phi) is 6.82. The van der Waals surface area contributed by atoms with Crippen LogP contribution in [0.25, 0.3) is 0 Å². The van der Waals surface area contributed by atoms with Crippen LogP contribution in [-0.2, 0) is 6.61 Å². The first kappa shape index (κ1) is 21.6. The number of aromatic nitrogens is 1. The van der Waals surface area contributed by atoms with Crippen molar-refractivity contribution < 1.29 is 9.53 Å². The van der Waals surface area contributed by atoms with Gasteiger partial charge in [0.1, 0.15) is 12.4 Å². The highest BCUT2D eigenvalue weighted by Gasteiger charge is 2.08. The minimum atomic E-state index is -0.162. The van der Waals surface area contributed by atoms with Gasteiger partial charge in [0.15, 0.2) is 0 Å². The van der Waals surface area contributed by atoms with Gasteiger partial charge in [0.25, 0.3) is 5.91 Å². The maximum absolute atomic E-state index is 12.6. The Balaban J connectivity index is 1.30. The number of benzene rings is 3. The van der Waals surface area contributed by atoms with Crippen molar-refractivity contribution in [2.75, 3.05) is 10.6 Å². The van der Waals surface area contributed by atoms with Crippen molar-refractivity contribution >= 4 is 28.6 Å². The summed E-state index contributed by atoms with van der Waals surface area (Å²) in [5, 5.41) is 9.41. The smallest absolute Gasteiger partial charge is 0.255 e. The van der Waals surface area contributed by atoms with Crippen LogP contribution >= 0.6 is 11.3 Å². The summed E-state index contributed by atoms with van der Waals surface area (Å²) in [7, 11) is 0. The molecule has 6 heteroatoms. The van der Waals surface area contributed by atoms with E-state index in [1.165, 1.54) is 5.56 Å². The quantitative estimate of drug-likeness (QED) is 0.328. The molecule has 0 aliphatic carbocycles. The molecule has 1 heterocycles. The average Bonchev–Trinajstić information content (AvgIpc) is 3.25. The van der Waals surface area contributed by atoms with Crippen LogP contribution in [0.4, 0.5) is 11.4 Å². The zero-order valence-corrected chi connectivity index (χ0v) is 18.9. The number of hydrogen-bond acceptors (Lipinski definition) is 5. The van der Waals surface area contributed by atoms with E-state index in [0.29, 0.717) is 17.9 Å². The number of aryl methyl sites for hydroxylation is 1. The molecule has 3 aromatic carbocycles. The number of rotatable bonds is 8. The van der Waals surface area contributed by atoms with Crippen LogP contribution in [0.1, 0.15) is 39.6 Å². The Morgan fingerprint density at radius 3 is 2.31 bits per heavy atom. The molecule has 1 amide bonds. The van der Waals surface area contributed by atoms with E-state index in [9.17, 15) is 4.79 Å². The molecule has 0 aliphatic heterocycles. The van der Waals surface area contributed by atoms with Crippen molar-refractivity contribution in [3.63, 3.8) is 0 Å². The van der Waals surface area contributed by atoms with E-state index in [4.69, 9.17) is 4.74 Å². The van der Waals surface area contributed by atoms with Crippen molar-refractivity contribution in [1.82, 2.24) is 4.98 Å². The van der Waals surface area contributed by atoms with Crippen LogP contribution in [0.5, 0.6) is 5.75 Å². The SMILES string of the molecule is Cc1nc(COc2ccc(C(=O)Nc3ccc(NC(C)c4ccccc4)cc3)cc2)cs1. The number of thiazole rings is 1. The van der Waals surface area contributed by atoms with Crippen molar-refractivity contribution in [2.24, 2.45) is 0 Å². The highest BCUT2D eigenvalue weighted by Crippen LogP contribution is 2.21. The number of carbonyl (C=O) groups is 1. The third kappa shape index (κ3) is 5.74. The lowest BCUT2D eigenvalue weighted by Crippen LogP contribution is -2.12. The Morgan fingerprint density at radius 1 is 0.969 bits per heavy atom. The average molecular weight is 444 g/mol. The summed E-state index contributed by atoms with van der Waals surface area (Å²) >= 11 is 1.60. The van der Waals surface area contributed by atoms with Crippen molar-refractivity contribution in [3.05, 3.63) is 106 Å². The molecule has 1 atom stereocenters. The zero-order chi connectivity index (χ0) is 22.3. The van der Waals surface area contributed by atoms with Crippen LogP contribution in [0.3, 0.4) is 0 Å².